The molecule has 0 aliphatic carbocycles. The van der Waals surface area contributed by atoms with Gasteiger partial charge in [0, 0.05) is 3.57 Å². The van der Waals surface area contributed by atoms with Crippen molar-refractivity contribution in [3.63, 3.8) is 0 Å². The van der Waals surface area contributed by atoms with Gasteiger partial charge in [0.2, 0.25) is 0 Å². The van der Waals surface area contributed by atoms with Crippen LogP contribution < -0.4 is 6.15 Å². The molecule has 0 saturated carbocycles. The van der Waals surface area contributed by atoms with Gasteiger partial charge in [0.1, 0.15) is 0 Å². The number of rotatable bonds is 0. The van der Waals surface area contributed by atoms with Crippen LogP contribution in [0.3, 0.4) is 0 Å². The Kier molecular flexibility index (Phi) is 3.27. The van der Waals surface area contributed by atoms with Crippen LogP contribution in [0.5, 0.6) is 0 Å². The van der Waals surface area contributed by atoms with Crippen molar-refractivity contribution in [3.05, 3.63) is 45.5 Å². The van der Waals surface area contributed by atoms with Crippen LogP contribution in [0.15, 0.2) is 36.4 Å². The molecular weight excluding hydrogens is 273 g/mol. The topological polar surface area (TPSA) is 35.0 Å². The summed E-state index contributed by atoms with van der Waals surface area (Å²) in [4.78, 5) is 0. The van der Waals surface area contributed by atoms with Gasteiger partial charge in [-0.25, -0.2) is 0 Å². The van der Waals surface area contributed by atoms with E-state index in [-0.39, 0.29) is 6.15 Å². The summed E-state index contributed by atoms with van der Waals surface area (Å²) in [6.07, 6.45) is 0. The summed E-state index contributed by atoms with van der Waals surface area (Å²) < 4.78 is 1.30. The molecule has 0 unspecified atom stereocenters. The lowest BCUT2D eigenvalue weighted by molar-refractivity contribution is 1.50. The van der Waals surface area contributed by atoms with Crippen molar-refractivity contribution >= 4 is 33.4 Å². The summed E-state index contributed by atoms with van der Waals surface area (Å²) in [5.41, 5.74) is 1.32. The Balaban J connectivity index is 0.000000845. The molecule has 0 atom stereocenters. The molecule has 1 nitrogen and oxygen atoms in total. The van der Waals surface area contributed by atoms with Gasteiger partial charge in [0.25, 0.3) is 0 Å². The molecule has 68 valence electrons. The normalized spacial score (nSPS) is 9.69. The van der Waals surface area contributed by atoms with E-state index in [0.29, 0.717) is 0 Å². The first kappa shape index (κ1) is 10.5. The Labute approximate surface area is 91.9 Å². The van der Waals surface area contributed by atoms with Crippen molar-refractivity contribution in [2.24, 2.45) is 0 Å². The van der Waals surface area contributed by atoms with Crippen LogP contribution in [0.2, 0.25) is 0 Å². The first-order valence-electron chi connectivity index (χ1n) is 3.92. The molecule has 2 aromatic rings. The number of benzene rings is 2. The smallest absolute Gasteiger partial charge is 0.0136 e. The van der Waals surface area contributed by atoms with Crippen molar-refractivity contribution in [2.75, 3.05) is 0 Å². The molecule has 0 spiro atoms. The van der Waals surface area contributed by atoms with E-state index in [0.717, 1.165) is 0 Å². The van der Waals surface area contributed by atoms with E-state index in [1.54, 1.807) is 0 Å². The quantitative estimate of drug-likeness (QED) is 0.732. The van der Waals surface area contributed by atoms with Crippen molar-refractivity contribution in [1.29, 1.82) is 0 Å². The van der Waals surface area contributed by atoms with Gasteiger partial charge in [0.05, 0.1) is 0 Å². The maximum atomic E-state index is 2.34. The summed E-state index contributed by atoms with van der Waals surface area (Å²) in [6.45, 7) is 2.12. The molecule has 0 fully saturated rings. The molecule has 2 aromatic carbocycles. The Bertz CT molecular complexity index is 387. The molecule has 2 heteroatoms. The molecule has 0 amide bonds. The van der Waals surface area contributed by atoms with Crippen LogP contribution >= 0.6 is 22.6 Å². The zero-order chi connectivity index (χ0) is 8.55. The molecule has 0 aromatic heterocycles. The van der Waals surface area contributed by atoms with E-state index in [4.69, 9.17) is 0 Å². The first-order chi connectivity index (χ1) is 5.75. The zero-order valence-corrected chi connectivity index (χ0v) is 9.71. The minimum absolute atomic E-state index is 0. The van der Waals surface area contributed by atoms with Crippen LogP contribution in [-0.4, -0.2) is 0 Å². The third-order valence-electron chi connectivity index (χ3n) is 1.96. The summed E-state index contributed by atoms with van der Waals surface area (Å²) in [5, 5.41) is 2.66. The van der Waals surface area contributed by atoms with Gasteiger partial charge in [-0.15, -0.1) is 0 Å². The van der Waals surface area contributed by atoms with Crippen LogP contribution in [-0.2, 0) is 0 Å². The maximum absolute atomic E-state index is 2.34. The summed E-state index contributed by atoms with van der Waals surface area (Å²) >= 11 is 2.34. The molecule has 0 saturated heterocycles. The number of hydrogen-bond donors (Lipinski definition) is 1. The van der Waals surface area contributed by atoms with Crippen LogP contribution in [0.25, 0.3) is 10.8 Å². The monoisotopic (exact) mass is 285 g/mol. The van der Waals surface area contributed by atoms with Gasteiger partial charge in [0.15, 0.2) is 0 Å². The first-order valence-corrected chi connectivity index (χ1v) is 4.99. The van der Waals surface area contributed by atoms with Crippen LogP contribution in [0.1, 0.15) is 5.56 Å². The lowest BCUT2D eigenvalue weighted by atomic mass is 10.1. The van der Waals surface area contributed by atoms with Crippen molar-refractivity contribution in [2.45, 2.75) is 6.92 Å². The van der Waals surface area contributed by atoms with E-state index < -0.39 is 0 Å². The molecule has 0 radical (unpaired) electrons. The largest absolute Gasteiger partial charge is 0.344 e. The molecule has 2 rings (SSSR count). The second-order valence-corrected chi connectivity index (χ2v) is 4.24. The van der Waals surface area contributed by atoms with Crippen molar-refractivity contribution < 1.29 is 0 Å². The highest BCUT2D eigenvalue weighted by Crippen LogP contribution is 2.18. The fraction of sp³-hybridized carbons (Fsp3) is 0.0909. The summed E-state index contributed by atoms with van der Waals surface area (Å²) in [6, 6.07) is 13.0. The van der Waals surface area contributed by atoms with E-state index in [2.05, 4.69) is 65.9 Å². The third-order valence-corrected chi connectivity index (χ3v) is 2.63. The Morgan fingerprint density at radius 2 is 1.62 bits per heavy atom. The number of hydrogen-bond acceptors (Lipinski definition) is 1. The second-order valence-electron chi connectivity index (χ2n) is 2.99. The predicted octanol–water partition coefficient (Wildman–Crippen LogP) is 3.91. The number of aryl methyl sites for hydroxylation is 1. The highest BCUT2D eigenvalue weighted by molar-refractivity contribution is 14.1. The van der Waals surface area contributed by atoms with Crippen LogP contribution in [0, 0.1) is 10.5 Å². The minimum atomic E-state index is 0. The Hall–Kier alpha value is -0.610. The predicted molar refractivity (Wildman–Crippen MR) is 66.4 cm³/mol. The van der Waals surface area contributed by atoms with E-state index in [9.17, 15) is 0 Å². The molecule has 0 aliphatic heterocycles. The Morgan fingerprint density at radius 1 is 0.923 bits per heavy atom. The standard InChI is InChI=1S/C11H9I.H3N/c1-8-2-3-9-4-5-11(12)7-10(9)6-8;/h2-7H,1H3;1H3. The lowest BCUT2D eigenvalue weighted by Gasteiger charge is -1.99. The highest BCUT2D eigenvalue weighted by Gasteiger charge is 1.93. The molecule has 0 aliphatic rings. The van der Waals surface area contributed by atoms with Gasteiger partial charge in [-0.3, -0.25) is 0 Å². The minimum Gasteiger partial charge on any atom is -0.344 e. The van der Waals surface area contributed by atoms with Crippen LogP contribution in [0.4, 0.5) is 0 Å². The van der Waals surface area contributed by atoms with E-state index >= 15 is 0 Å². The summed E-state index contributed by atoms with van der Waals surface area (Å²) in [5.74, 6) is 0. The van der Waals surface area contributed by atoms with Gasteiger partial charge >= 0.3 is 0 Å². The van der Waals surface area contributed by atoms with Gasteiger partial charge in [-0.2, -0.15) is 0 Å². The molecule has 0 heterocycles. The summed E-state index contributed by atoms with van der Waals surface area (Å²) in [7, 11) is 0. The maximum Gasteiger partial charge on any atom is 0.0136 e. The SMILES string of the molecule is Cc1ccc2ccc(I)cc2c1.N. The molecular formula is C11H12IN. The molecule has 13 heavy (non-hydrogen) atoms. The second kappa shape index (κ2) is 4.07. The fourth-order valence-electron chi connectivity index (χ4n) is 1.34. The Morgan fingerprint density at radius 3 is 2.38 bits per heavy atom. The number of halogens is 1. The third kappa shape index (κ3) is 2.19. The number of fused-ring (bicyclic) bond motifs is 1. The van der Waals surface area contributed by atoms with Gasteiger partial charge in [-0.05, 0) is 52.4 Å². The van der Waals surface area contributed by atoms with Crippen molar-refractivity contribution in [1.82, 2.24) is 6.15 Å². The molecule has 0 bridgehead atoms. The average molecular weight is 285 g/mol. The molecule has 3 N–H and O–H groups in total. The average Bonchev–Trinajstić information content (AvgIpc) is 2.03. The van der Waals surface area contributed by atoms with E-state index in [1.807, 2.05) is 0 Å². The van der Waals surface area contributed by atoms with E-state index in [1.165, 1.54) is 19.9 Å². The zero-order valence-electron chi connectivity index (χ0n) is 7.55. The van der Waals surface area contributed by atoms with Gasteiger partial charge < -0.3 is 6.15 Å². The van der Waals surface area contributed by atoms with Gasteiger partial charge in [-0.1, -0.05) is 29.8 Å². The van der Waals surface area contributed by atoms with Crippen molar-refractivity contribution in [3.8, 4) is 0 Å². The lowest BCUT2D eigenvalue weighted by Crippen LogP contribution is -1.76. The highest BCUT2D eigenvalue weighted by atomic mass is 127. The fourth-order valence-corrected chi connectivity index (χ4v) is 1.85.